The number of aliphatic hydroxyl groups excluding tert-OH is 1. The number of fused-ring (bicyclic) bond motifs is 1. The topological polar surface area (TPSA) is 61.4 Å². The summed E-state index contributed by atoms with van der Waals surface area (Å²) in [6.07, 6.45) is -1.05. The van der Waals surface area contributed by atoms with Crippen LogP contribution in [0.15, 0.2) is 30.3 Å². The molecular weight excluding hydrogens is 216 g/mol. The van der Waals surface area contributed by atoms with Crippen LogP contribution in [0, 0.1) is 11.8 Å². The number of carbonyl (C=O) groups excluding carboxylic acids is 1. The summed E-state index contributed by atoms with van der Waals surface area (Å²) in [7, 11) is 0. The van der Waals surface area contributed by atoms with E-state index in [1.807, 2.05) is 18.2 Å². The molecule has 1 amide bonds. The summed E-state index contributed by atoms with van der Waals surface area (Å²) in [5.74, 6) is 0.861. The van der Waals surface area contributed by atoms with Crippen LogP contribution in [0.1, 0.15) is 11.7 Å². The van der Waals surface area contributed by atoms with Crippen molar-refractivity contribution >= 4 is 5.91 Å². The van der Waals surface area contributed by atoms with Gasteiger partial charge in [0.15, 0.2) is 6.10 Å². The Hall–Kier alpha value is -1.39. The first-order valence-electron chi connectivity index (χ1n) is 6.01. The fourth-order valence-corrected chi connectivity index (χ4v) is 2.66. The van der Waals surface area contributed by atoms with Crippen LogP contribution in [0.3, 0.4) is 0 Å². The molecule has 4 nitrogen and oxygen atoms in total. The zero-order chi connectivity index (χ0) is 11.8. The number of hydrogen-bond donors (Lipinski definition) is 3. The molecule has 3 N–H and O–H groups in total. The normalized spacial score (nSPS) is 31.7. The van der Waals surface area contributed by atoms with Gasteiger partial charge in [-0.05, 0) is 17.4 Å². The Morgan fingerprint density at radius 1 is 1.29 bits per heavy atom. The van der Waals surface area contributed by atoms with Gasteiger partial charge in [0.05, 0.1) is 0 Å². The van der Waals surface area contributed by atoms with Crippen molar-refractivity contribution in [3.05, 3.63) is 35.9 Å². The molecule has 3 atom stereocenters. The van der Waals surface area contributed by atoms with Crippen LogP contribution >= 0.6 is 0 Å². The Bertz CT molecular complexity index is 411. The minimum absolute atomic E-state index is 0.266. The van der Waals surface area contributed by atoms with Gasteiger partial charge < -0.3 is 15.7 Å². The maximum atomic E-state index is 11.8. The number of nitrogens with one attached hydrogen (secondary N) is 2. The number of benzene rings is 1. The van der Waals surface area contributed by atoms with Crippen LogP contribution in [0.25, 0.3) is 0 Å². The molecule has 2 fully saturated rings. The van der Waals surface area contributed by atoms with E-state index in [0.717, 1.165) is 13.1 Å². The monoisotopic (exact) mass is 232 g/mol. The molecule has 0 radical (unpaired) electrons. The standard InChI is InChI=1S/C13H16N2O2/c16-12(8-4-2-1-3-5-8)13(17)15-11-9-6-14-7-10(9)11/h1-5,9-12,14,16H,6-7H2,(H,15,17). The summed E-state index contributed by atoms with van der Waals surface area (Å²) in [5.41, 5.74) is 0.647. The van der Waals surface area contributed by atoms with E-state index in [0.29, 0.717) is 17.4 Å². The summed E-state index contributed by atoms with van der Waals surface area (Å²) in [6, 6.07) is 9.30. The van der Waals surface area contributed by atoms with Gasteiger partial charge in [-0.25, -0.2) is 0 Å². The van der Waals surface area contributed by atoms with Gasteiger partial charge in [0.25, 0.3) is 5.91 Å². The Kier molecular flexibility index (Phi) is 2.61. The van der Waals surface area contributed by atoms with E-state index in [1.54, 1.807) is 12.1 Å². The van der Waals surface area contributed by atoms with Crippen molar-refractivity contribution in [2.24, 2.45) is 11.8 Å². The van der Waals surface area contributed by atoms with Gasteiger partial charge in [0.2, 0.25) is 0 Å². The van der Waals surface area contributed by atoms with Crippen LogP contribution in [0.2, 0.25) is 0 Å². The number of carbonyl (C=O) groups is 1. The van der Waals surface area contributed by atoms with Crippen molar-refractivity contribution in [3.8, 4) is 0 Å². The van der Waals surface area contributed by atoms with Crippen molar-refractivity contribution < 1.29 is 9.90 Å². The Morgan fingerprint density at radius 2 is 1.94 bits per heavy atom. The number of aliphatic hydroxyl groups is 1. The number of hydrogen-bond acceptors (Lipinski definition) is 3. The van der Waals surface area contributed by atoms with E-state index < -0.39 is 6.10 Å². The van der Waals surface area contributed by atoms with E-state index in [-0.39, 0.29) is 11.9 Å². The first kappa shape index (κ1) is 10.7. The molecule has 0 bridgehead atoms. The molecule has 0 spiro atoms. The molecule has 1 aliphatic carbocycles. The smallest absolute Gasteiger partial charge is 0.253 e. The lowest BCUT2D eigenvalue weighted by molar-refractivity contribution is -0.129. The molecule has 3 rings (SSSR count). The molecule has 1 aromatic rings. The Balaban J connectivity index is 1.60. The fourth-order valence-electron chi connectivity index (χ4n) is 2.66. The lowest BCUT2D eigenvalue weighted by atomic mass is 10.1. The fraction of sp³-hybridized carbons (Fsp3) is 0.462. The van der Waals surface area contributed by atoms with Crippen LogP contribution < -0.4 is 10.6 Å². The molecule has 1 saturated carbocycles. The molecule has 4 heteroatoms. The van der Waals surface area contributed by atoms with Crippen LogP contribution in [0.5, 0.6) is 0 Å². The lowest BCUT2D eigenvalue weighted by Crippen LogP contribution is -2.35. The van der Waals surface area contributed by atoms with E-state index >= 15 is 0 Å². The van der Waals surface area contributed by atoms with E-state index in [2.05, 4.69) is 10.6 Å². The molecule has 17 heavy (non-hydrogen) atoms. The van der Waals surface area contributed by atoms with Crippen LogP contribution in [0.4, 0.5) is 0 Å². The second-order valence-corrected chi connectivity index (χ2v) is 4.83. The minimum atomic E-state index is -1.05. The summed E-state index contributed by atoms with van der Waals surface area (Å²) in [6.45, 7) is 1.97. The highest BCUT2D eigenvalue weighted by Crippen LogP contribution is 2.41. The summed E-state index contributed by atoms with van der Waals surface area (Å²) >= 11 is 0. The molecule has 0 aromatic heterocycles. The number of piperidine rings is 1. The predicted molar refractivity (Wildman–Crippen MR) is 63.2 cm³/mol. The molecule has 1 heterocycles. The molecule has 1 aliphatic heterocycles. The first-order chi connectivity index (χ1) is 8.27. The van der Waals surface area contributed by atoms with Gasteiger partial charge in [-0.15, -0.1) is 0 Å². The van der Waals surface area contributed by atoms with E-state index in [1.165, 1.54) is 0 Å². The maximum Gasteiger partial charge on any atom is 0.253 e. The lowest BCUT2D eigenvalue weighted by Gasteiger charge is -2.13. The second-order valence-electron chi connectivity index (χ2n) is 4.83. The molecule has 1 saturated heterocycles. The number of rotatable bonds is 3. The van der Waals surface area contributed by atoms with Gasteiger partial charge in [-0.2, -0.15) is 0 Å². The minimum Gasteiger partial charge on any atom is -0.378 e. The first-order valence-corrected chi connectivity index (χ1v) is 6.01. The SMILES string of the molecule is O=C(NC1C2CNCC21)C(O)c1ccccc1. The van der Waals surface area contributed by atoms with Crippen molar-refractivity contribution in [3.63, 3.8) is 0 Å². The molecule has 1 aromatic carbocycles. The summed E-state index contributed by atoms with van der Waals surface area (Å²) in [5, 5.41) is 16.1. The summed E-state index contributed by atoms with van der Waals surface area (Å²) < 4.78 is 0. The average molecular weight is 232 g/mol. The molecule has 90 valence electrons. The van der Waals surface area contributed by atoms with Crippen molar-refractivity contribution in [2.45, 2.75) is 12.1 Å². The van der Waals surface area contributed by atoms with E-state index in [9.17, 15) is 9.90 Å². The van der Waals surface area contributed by atoms with Crippen LogP contribution in [-0.4, -0.2) is 30.1 Å². The predicted octanol–water partition coefficient (Wildman–Crippen LogP) is 0.0540. The highest BCUT2D eigenvalue weighted by atomic mass is 16.3. The van der Waals surface area contributed by atoms with E-state index in [4.69, 9.17) is 0 Å². The second kappa shape index (κ2) is 4.13. The van der Waals surface area contributed by atoms with Gasteiger partial charge in [-0.3, -0.25) is 4.79 Å². The Labute approximate surface area is 100 Å². The van der Waals surface area contributed by atoms with Crippen molar-refractivity contribution in [2.75, 3.05) is 13.1 Å². The molecule has 3 unspecified atom stereocenters. The average Bonchev–Trinajstić information content (AvgIpc) is 2.80. The van der Waals surface area contributed by atoms with Crippen molar-refractivity contribution in [1.82, 2.24) is 10.6 Å². The van der Waals surface area contributed by atoms with Crippen LogP contribution in [-0.2, 0) is 4.79 Å². The quantitative estimate of drug-likeness (QED) is 0.690. The third-order valence-electron chi connectivity index (χ3n) is 3.76. The van der Waals surface area contributed by atoms with Crippen molar-refractivity contribution in [1.29, 1.82) is 0 Å². The van der Waals surface area contributed by atoms with Gasteiger partial charge in [0, 0.05) is 19.1 Å². The molecule has 2 aliphatic rings. The van der Waals surface area contributed by atoms with Gasteiger partial charge >= 0.3 is 0 Å². The summed E-state index contributed by atoms with van der Waals surface area (Å²) in [4.78, 5) is 11.8. The zero-order valence-corrected chi connectivity index (χ0v) is 9.47. The highest BCUT2D eigenvalue weighted by Gasteiger charge is 2.53. The maximum absolute atomic E-state index is 11.8. The Morgan fingerprint density at radius 3 is 2.59 bits per heavy atom. The third kappa shape index (κ3) is 1.94. The molecular formula is C13H16N2O2. The van der Waals surface area contributed by atoms with Gasteiger partial charge in [-0.1, -0.05) is 30.3 Å². The highest BCUT2D eigenvalue weighted by molar-refractivity contribution is 5.82. The third-order valence-corrected chi connectivity index (χ3v) is 3.76. The van der Waals surface area contributed by atoms with Gasteiger partial charge in [0.1, 0.15) is 0 Å². The zero-order valence-electron chi connectivity index (χ0n) is 9.47. The largest absolute Gasteiger partial charge is 0.378 e. The number of amides is 1.